The van der Waals surface area contributed by atoms with Crippen LogP contribution in [0.5, 0.6) is 23.0 Å². The van der Waals surface area contributed by atoms with Crippen molar-refractivity contribution >= 4 is 17.7 Å². The lowest BCUT2D eigenvalue weighted by Crippen LogP contribution is -2.44. The molecule has 8 nitrogen and oxygen atoms in total. The van der Waals surface area contributed by atoms with Crippen molar-refractivity contribution in [2.75, 3.05) is 6.79 Å². The average Bonchev–Trinajstić information content (AvgIpc) is 3.31. The third-order valence-electron chi connectivity index (χ3n) is 5.61. The van der Waals surface area contributed by atoms with E-state index in [0.29, 0.717) is 34.3 Å². The number of benzene rings is 3. The minimum absolute atomic E-state index is 0.0527. The smallest absolute Gasteiger partial charge is 0.341 e. The molecule has 3 aromatic carbocycles. The summed E-state index contributed by atoms with van der Waals surface area (Å²) in [6.07, 6.45) is 0. The molecular weight excluding hydrogens is 436 g/mol. The number of rotatable bonds is 6. The van der Waals surface area contributed by atoms with Crippen LogP contribution in [0.4, 0.5) is 4.79 Å². The van der Waals surface area contributed by atoms with Crippen LogP contribution < -0.4 is 19.5 Å². The van der Waals surface area contributed by atoms with Gasteiger partial charge in [-0.2, -0.15) is 0 Å². The summed E-state index contributed by atoms with van der Waals surface area (Å²) in [6, 6.07) is 20.9. The summed E-state index contributed by atoms with van der Waals surface area (Å²) in [5.41, 5.74) is 1.86. The van der Waals surface area contributed by atoms with Gasteiger partial charge in [-0.25, -0.2) is 9.79 Å². The molecule has 5 rings (SSSR count). The van der Waals surface area contributed by atoms with Crippen LogP contribution in [-0.4, -0.2) is 24.5 Å². The number of hydrogen-bond acceptors (Lipinski definition) is 6. The molecule has 8 heteroatoms. The van der Waals surface area contributed by atoms with E-state index in [4.69, 9.17) is 18.9 Å². The monoisotopic (exact) mass is 458 g/mol. The minimum Gasteiger partial charge on any atom is -0.460 e. The fraction of sp³-hybridized carbons (Fsp3) is 0.192. The molecule has 0 fully saturated rings. The number of aliphatic imine (C=N–C) groups is 1. The van der Waals surface area contributed by atoms with E-state index in [1.165, 1.54) is 0 Å². The van der Waals surface area contributed by atoms with Gasteiger partial charge in [0.05, 0.1) is 6.04 Å². The molecule has 172 valence electrons. The van der Waals surface area contributed by atoms with E-state index in [9.17, 15) is 9.59 Å². The van der Waals surface area contributed by atoms with Crippen molar-refractivity contribution in [3.05, 3.63) is 83.9 Å². The predicted molar refractivity (Wildman–Crippen MR) is 123 cm³/mol. The standard InChI is InChI=1S/C26H22N2O6/c1-16-23(25(29)31-14-17-10-11-21-22(12-17)33-15-32-21)24(28-26(30)27-16)18-6-5-9-20(13-18)34-19-7-3-2-4-8-19/h2-13,23-24H,14-15H2,1H3,(H,28,30). The van der Waals surface area contributed by atoms with E-state index in [2.05, 4.69) is 10.3 Å². The molecule has 1 N–H and O–H groups in total. The van der Waals surface area contributed by atoms with Gasteiger partial charge in [-0.1, -0.05) is 36.4 Å². The van der Waals surface area contributed by atoms with E-state index in [1.54, 1.807) is 25.1 Å². The Morgan fingerprint density at radius 3 is 2.65 bits per heavy atom. The normalized spacial score (nSPS) is 18.6. The summed E-state index contributed by atoms with van der Waals surface area (Å²) < 4.78 is 22.2. The van der Waals surface area contributed by atoms with Crippen molar-refractivity contribution < 1.29 is 28.5 Å². The average molecular weight is 458 g/mol. The number of urea groups is 1. The first-order chi connectivity index (χ1) is 16.6. The van der Waals surface area contributed by atoms with Crippen LogP contribution in [0.1, 0.15) is 24.1 Å². The van der Waals surface area contributed by atoms with Crippen molar-refractivity contribution in [1.29, 1.82) is 0 Å². The van der Waals surface area contributed by atoms with E-state index in [0.717, 1.165) is 5.56 Å². The number of nitrogens with one attached hydrogen (secondary N) is 1. The Hall–Kier alpha value is -4.33. The first-order valence-electron chi connectivity index (χ1n) is 10.8. The lowest BCUT2D eigenvalue weighted by molar-refractivity contribution is -0.148. The fourth-order valence-corrected chi connectivity index (χ4v) is 3.97. The number of fused-ring (bicyclic) bond motifs is 1. The fourth-order valence-electron chi connectivity index (χ4n) is 3.97. The maximum atomic E-state index is 13.1. The molecule has 2 aliphatic heterocycles. The SMILES string of the molecule is CC1=NC(=O)NC(c2cccc(Oc3ccccc3)c2)C1C(=O)OCc1ccc2c(c1)OCO2. The zero-order valence-electron chi connectivity index (χ0n) is 18.4. The van der Waals surface area contributed by atoms with Crippen LogP contribution in [0.2, 0.25) is 0 Å². The molecule has 2 atom stereocenters. The number of ether oxygens (including phenoxy) is 4. The molecule has 2 heterocycles. The van der Waals surface area contributed by atoms with Crippen LogP contribution >= 0.6 is 0 Å². The Bertz CT molecular complexity index is 1260. The van der Waals surface area contributed by atoms with Crippen LogP contribution in [0.15, 0.2) is 77.8 Å². The van der Waals surface area contributed by atoms with Crippen LogP contribution in [-0.2, 0) is 16.1 Å². The highest BCUT2D eigenvalue weighted by Crippen LogP contribution is 2.34. The van der Waals surface area contributed by atoms with E-state index in [-0.39, 0.29) is 13.4 Å². The number of carbonyl (C=O) groups excluding carboxylic acids is 2. The molecule has 2 aliphatic rings. The number of para-hydroxylation sites is 1. The molecule has 0 saturated heterocycles. The lowest BCUT2D eigenvalue weighted by Gasteiger charge is -2.30. The van der Waals surface area contributed by atoms with Crippen molar-refractivity contribution in [3.8, 4) is 23.0 Å². The van der Waals surface area contributed by atoms with E-state index >= 15 is 0 Å². The van der Waals surface area contributed by atoms with Gasteiger partial charge in [-0.15, -0.1) is 0 Å². The Kier molecular flexibility index (Phi) is 5.86. The van der Waals surface area contributed by atoms with Gasteiger partial charge >= 0.3 is 12.0 Å². The number of nitrogens with zero attached hydrogens (tertiary/aromatic N) is 1. The molecule has 0 bridgehead atoms. The van der Waals surface area contributed by atoms with Crippen molar-refractivity contribution in [2.24, 2.45) is 10.9 Å². The molecule has 0 saturated carbocycles. The van der Waals surface area contributed by atoms with Crippen molar-refractivity contribution in [2.45, 2.75) is 19.6 Å². The lowest BCUT2D eigenvalue weighted by atomic mass is 9.88. The third-order valence-corrected chi connectivity index (χ3v) is 5.61. The zero-order valence-corrected chi connectivity index (χ0v) is 18.4. The molecule has 2 unspecified atom stereocenters. The zero-order chi connectivity index (χ0) is 23.5. The Morgan fingerprint density at radius 2 is 1.79 bits per heavy atom. The van der Waals surface area contributed by atoms with Gasteiger partial charge in [-0.3, -0.25) is 4.79 Å². The molecule has 0 aromatic heterocycles. The number of carbonyl (C=O) groups is 2. The molecule has 3 aromatic rings. The van der Waals surface area contributed by atoms with Gasteiger partial charge in [0.2, 0.25) is 6.79 Å². The highest BCUT2D eigenvalue weighted by molar-refractivity contribution is 6.08. The van der Waals surface area contributed by atoms with Crippen LogP contribution in [0.3, 0.4) is 0 Å². The highest BCUT2D eigenvalue weighted by Gasteiger charge is 2.38. The van der Waals surface area contributed by atoms with Gasteiger partial charge < -0.3 is 24.3 Å². The van der Waals surface area contributed by atoms with Gasteiger partial charge in [0.1, 0.15) is 24.0 Å². The molecule has 0 aliphatic carbocycles. The maximum absolute atomic E-state index is 13.1. The molecule has 0 radical (unpaired) electrons. The molecule has 2 amide bonds. The highest BCUT2D eigenvalue weighted by atomic mass is 16.7. The summed E-state index contributed by atoms with van der Waals surface area (Å²) in [4.78, 5) is 29.3. The number of hydrogen-bond donors (Lipinski definition) is 1. The summed E-state index contributed by atoms with van der Waals surface area (Å²) in [7, 11) is 0. The Morgan fingerprint density at radius 1 is 1.00 bits per heavy atom. The maximum Gasteiger partial charge on any atom is 0.341 e. The van der Waals surface area contributed by atoms with Crippen molar-refractivity contribution in [1.82, 2.24) is 5.32 Å². The largest absolute Gasteiger partial charge is 0.460 e. The number of esters is 1. The van der Waals surface area contributed by atoms with Crippen LogP contribution in [0.25, 0.3) is 0 Å². The summed E-state index contributed by atoms with van der Waals surface area (Å²) in [5.74, 6) is 1.28. The Balaban J connectivity index is 1.35. The predicted octanol–water partition coefficient (Wildman–Crippen LogP) is 4.79. The summed E-state index contributed by atoms with van der Waals surface area (Å²) >= 11 is 0. The van der Waals surface area contributed by atoms with Gasteiger partial charge in [0, 0.05) is 5.71 Å². The minimum atomic E-state index is -0.779. The second-order valence-electron chi connectivity index (χ2n) is 7.94. The second kappa shape index (κ2) is 9.27. The second-order valence-corrected chi connectivity index (χ2v) is 7.94. The quantitative estimate of drug-likeness (QED) is 0.534. The molecular formula is C26H22N2O6. The van der Waals surface area contributed by atoms with Crippen LogP contribution in [0, 0.1) is 5.92 Å². The van der Waals surface area contributed by atoms with Gasteiger partial charge in [0.15, 0.2) is 11.5 Å². The Labute approximate surface area is 196 Å². The third kappa shape index (κ3) is 4.56. The van der Waals surface area contributed by atoms with Crippen molar-refractivity contribution in [3.63, 3.8) is 0 Å². The van der Waals surface area contributed by atoms with E-state index < -0.39 is 24.0 Å². The summed E-state index contributed by atoms with van der Waals surface area (Å²) in [6.45, 7) is 1.88. The molecule has 34 heavy (non-hydrogen) atoms. The van der Waals surface area contributed by atoms with Gasteiger partial charge in [0.25, 0.3) is 0 Å². The summed E-state index contributed by atoms with van der Waals surface area (Å²) in [5, 5.41) is 2.80. The van der Waals surface area contributed by atoms with Gasteiger partial charge in [-0.05, 0) is 54.4 Å². The first kappa shape index (κ1) is 21.5. The first-order valence-corrected chi connectivity index (χ1v) is 10.8. The van der Waals surface area contributed by atoms with E-state index in [1.807, 2.05) is 54.6 Å². The topological polar surface area (TPSA) is 95.5 Å². The number of amides is 2. The molecule has 0 spiro atoms.